The summed E-state index contributed by atoms with van der Waals surface area (Å²) in [6, 6.07) is 2.08. The van der Waals surface area contributed by atoms with Gasteiger partial charge in [-0.1, -0.05) is 25.4 Å². The number of hydrogen-bond acceptors (Lipinski definition) is 3. The minimum absolute atomic E-state index is 0.121. The maximum atomic E-state index is 11.1. The highest BCUT2D eigenvalue weighted by atomic mass is 35.5. The van der Waals surface area contributed by atoms with Crippen LogP contribution < -0.4 is 4.90 Å². The normalized spacial score (nSPS) is 14.9. The van der Waals surface area contributed by atoms with Gasteiger partial charge in [-0.3, -0.25) is 0 Å². The zero-order valence-corrected chi connectivity index (χ0v) is 11.3. The second-order valence-electron chi connectivity index (χ2n) is 5.10. The first-order chi connectivity index (χ1) is 8.49. The average Bonchev–Trinajstić information content (AvgIpc) is 3.10. The van der Waals surface area contributed by atoms with Crippen molar-refractivity contribution in [1.29, 1.82) is 0 Å². The van der Waals surface area contributed by atoms with Gasteiger partial charge in [-0.25, -0.2) is 9.78 Å². The third kappa shape index (κ3) is 2.93. The summed E-state index contributed by atoms with van der Waals surface area (Å²) in [4.78, 5) is 17.5. The Balaban J connectivity index is 2.29. The molecule has 0 saturated heterocycles. The van der Waals surface area contributed by atoms with Gasteiger partial charge in [0.15, 0.2) is 0 Å². The van der Waals surface area contributed by atoms with E-state index in [1.165, 1.54) is 6.20 Å². The van der Waals surface area contributed by atoms with Crippen LogP contribution in [0.2, 0.25) is 5.02 Å². The van der Waals surface area contributed by atoms with Gasteiger partial charge in [-0.15, -0.1) is 0 Å². The van der Waals surface area contributed by atoms with Crippen molar-refractivity contribution in [2.45, 2.75) is 32.7 Å². The number of aromatic nitrogens is 1. The van der Waals surface area contributed by atoms with Crippen molar-refractivity contribution >= 4 is 23.4 Å². The largest absolute Gasteiger partial charge is 0.478 e. The van der Waals surface area contributed by atoms with Crippen LogP contribution in [0.3, 0.4) is 0 Å². The van der Waals surface area contributed by atoms with Gasteiger partial charge >= 0.3 is 5.97 Å². The molecule has 0 bridgehead atoms. The number of anilines is 1. The topological polar surface area (TPSA) is 53.4 Å². The van der Waals surface area contributed by atoms with Crippen LogP contribution in [0.1, 0.15) is 37.0 Å². The van der Waals surface area contributed by atoms with Crippen molar-refractivity contribution in [3.05, 3.63) is 22.8 Å². The lowest BCUT2D eigenvalue weighted by atomic mass is 10.2. The molecular formula is C13H17ClN2O2. The minimum atomic E-state index is -1.01. The van der Waals surface area contributed by atoms with Gasteiger partial charge in [0.25, 0.3) is 0 Å². The quantitative estimate of drug-likeness (QED) is 0.892. The molecular weight excluding hydrogens is 252 g/mol. The highest BCUT2D eigenvalue weighted by Crippen LogP contribution is 2.32. The first-order valence-corrected chi connectivity index (χ1v) is 6.52. The molecule has 0 unspecified atom stereocenters. The number of aromatic carboxylic acids is 1. The molecule has 18 heavy (non-hydrogen) atoms. The summed E-state index contributed by atoms with van der Waals surface area (Å²) in [5, 5.41) is 9.26. The summed E-state index contributed by atoms with van der Waals surface area (Å²) in [5.74, 6) is 0.216. The maximum absolute atomic E-state index is 11.1. The monoisotopic (exact) mass is 268 g/mol. The molecule has 1 aromatic heterocycles. The van der Waals surface area contributed by atoms with E-state index < -0.39 is 5.97 Å². The number of rotatable bonds is 5. The molecule has 1 aliphatic carbocycles. The molecule has 1 aromatic rings. The van der Waals surface area contributed by atoms with Gasteiger partial charge in [-0.2, -0.15) is 0 Å². The number of carbonyl (C=O) groups is 1. The van der Waals surface area contributed by atoms with Crippen LogP contribution in [0, 0.1) is 5.92 Å². The molecule has 0 atom stereocenters. The van der Waals surface area contributed by atoms with E-state index in [0.717, 1.165) is 19.4 Å². The maximum Gasteiger partial charge on any atom is 0.337 e. The van der Waals surface area contributed by atoms with Gasteiger partial charge in [0.1, 0.15) is 5.82 Å². The second kappa shape index (κ2) is 5.14. The van der Waals surface area contributed by atoms with Crippen molar-refractivity contribution in [3.63, 3.8) is 0 Å². The first kappa shape index (κ1) is 13.1. The summed E-state index contributed by atoms with van der Waals surface area (Å²) in [7, 11) is 0. The van der Waals surface area contributed by atoms with Crippen molar-refractivity contribution in [2.75, 3.05) is 11.4 Å². The van der Waals surface area contributed by atoms with Gasteiger partial charge in [-0.05, 0) is 24.8 Å². The molecule has 0 spiro atoms. The van der Waals surface area contributed by atoms with Crippen LogP contribution in [0.4, 0.5) is 5.82 Å². The molecule has 4 nitrogen and oxygen atoms in total. The minimum Gasteiger partial charge on any atom is -0.478 e. The Labute approximate surface area is 112 Å². The van der Waals surface area contributed by atoms with Gasteiger partial charge in [0.2, 0.25) is 0 Å². The zero-order valence-electron chi connectivity index (χ0n) is 10.6. The van der Waals surface area contributed by atoms with Crippen molar-refractivity contribution in [1.82, 2.24) is 4.98 Å². The molecule has 1 heterocycles. The number of pyridine rings is 1. The van der Waals surface area contributed by atoms with Crippen LogP contribution in [0.25, 0.3) is 0 Å². The number of carboxylic acids is 1. The number of hydrogen-bond donors (Lipinski definition) is 1. The number of nitrogens with zero attached hydrogens (tertiary/aromatic N) is 2. The lowest BCUT2D eigenvalue weighted by molar-refractivity contribution is 0.0697. The molecule has 1 N–H and O–H groups in total. The third-order valence-corrected chi connectivity index (χ3v) is 3.22. The summed E-state index contributed by atoms with van der Waals surface area (Å²) >= 11 is 5.83. The highest BCUT2D eigenvalue weighted by Gasteiger charge is 2.30. The molecule has 0 amide bonds. The van der Waals surface area contributed by atoms with Crippen LogP contribution in [0.5, 0.6) is 0 Å². The van der Waals surface area contributed by atoms with Crippen LogP contribution in [-0.4, -0.2) is 28.6 Å². The number of carboxylic acid groups (broad SMARTS) is 1. The molecule has 5 heteroatoms. The van der Waals surface area contributed by atoms with Crippen LogP contribution >= 0.6 is 11.6 Å². The van der Waals surface area contributed by atoms with E-state index in [9.17, 15) is 4.79 Å². The molecule has 0 aliphatic heterocycles. The van der Waals surface area contributed by atoms with Crippen molar-refractivity contribution in [3.8, 4) is 0 Å². The smallest absolute Gasteiger partial charge is 0.337 e. The Hall–Kier alpha value is -1.29. The molecule has 0 aromatic carbocycles. The fourth-order valence-electron chi connectivity index (χ4n) is 1.96. The number of halogens is 1. The fourth-order valence-corrected chi connectivity index (χ4v) is 2.14. The van der Waals surface area contributed by atoms with E-state index in [4.69, 9.17) is 16.7 Å². The second-order valence-corrected chi connectivity index (χ2v) is 5.51. The van der Waals surface area contributed by atoms with Crippen molar-refractivity contribution in [2.24, 2.45) is 5.92 Å². The van der Waals surface area contributed by atoms with E-state index in [1.807, 2.05) is 0 Å². The summed E-state index contributed by atoms with van der Waals surface area (Å²) < 4.78 is 0. The lowest BCUT2D eigenvalue weighted by Crippen LogP contribution is -2.30. The lowest BCUT2D eigenvalue weighted by Gasteiger charge is -2.25. The molecule has 98 valence electrons. The Kier molecular flexibility index (Phi) is 3.76. The SMILES string of the molecule is CC(C)CN(c1cc(C(=O)O)c(Cl)cn1)C1CC1. The van der Waals surface area contributed by atoms with Crippen LogP contribution in [0.15, 0.2) is 12.3 Å². The van der Waals surface area contributed by atoms with Gasteiger partial charge in [0, 0.05) is 18.8 Å². The van der Waals surface area contributed by atoms with E-state index in [0.29, 0.717) is 17.8 Å². The standard InChI is InChI=1S/C13H17ClN2O2/c1-8(2)7-16(9-3-4-9)12-5-10(13(17)18)11(14)6-15-12/h5-6,8-9H,3-4,7H2,1-2H3,(H,17,18). The Bertz CT molecular complexity index is 458. The Morgan fingerprint density at radius 1 is 1.61 bits per heavy atom. The Morgan fingerprint density at radius 3 is 2.78 bits per heavy atom. The molecule has 2 rings (SSSR count). The van der Waals surface area contributed by atoms with Crippen molar-refractivity contribution < 1.29 is 9.90 Å². The van der Waals surface area contributed by atoms with Crippen LogP contribution in [-0.2, 0) is 0 Å². The molecule has 0 radical (unpaired) electrons. The summed E-state index contributed by atoms with van der Waals surface area (Å²) in [6.45, 7) is 5.17. The highest BCUT2D eigenvalue weighted by molar-refractivity contribution is 6.33. The first-order valence-electron chi connectivity index (χ1n) is 6.14. The predicted molar refractivity (Wildman–Crippen MR) is 71.4 cm³/mol. The average molecular weight is 269 g/mol. The van der Waals surface area contributed by atoms with E-state index >= 15 is 0 Å². The predicted octanol–water partition coefficient (Wildman–Crippen LogP) is 3.06. The summed E-state index contributed by atoms with van der Waals surface area (Å²) in [6.07, 6.45) is 3.73. The molecule has 1 aliphatic rings. The zero-order chi connectivity index (χ0) is 13.3. The molecule has 1 saturated carbocycles. The van der Waals surface area contributed by atoms with E-state index in [-0.39, 0.29) is 10.6 Å². The Morgan fingerprint density at radius 2 is 2.28 bits per heavy atom. The molecule has 1 fully saturated rings. The fraction of sp³-hybridized carbons (Fsp3) is 0.538. The van der Waals surface area contributed by atoms with Gasteiger partial charge < -0.3 is 10.0 Å². The van der Waals surface area contributed by atoms with E-state index in [2.05, 4.69) is 23.7 Å². The summed E-state index contributed by atoms with van der Waals surface area (Å²) in [5.41, 5.74) is 0.121. The third-order valence-electron chi connectivity index (χ3n) is 2.92. The van der Waals surface area contributed by atoms with E-state index in [1.54, 1.807) is 6.07 Å². The van der Waals surface area contributed by atoms with Gasteiger partial charge in [0.05, 0.1) is 10.6 Å².